The lowest BCUT2D eigenvalue weighted by Crippen LogP contribution is -2.34. The van der Waals surface area contributed by atoms with Gasteiger partial charge in [-0.15, -0.1) is 0 Å². The van der Waals surface area contributed by atoms with E-state index in [1.165, 1.54) is 0 Å². The van der Waals surface area contributed by atoms with Crippen molar-refractivity contribution in [2.75, 3.05) is 16.8 Å². The van der Waals surface area contributed by atoms with E-state index in [2.05, 4.69) is 22.5 Å². The van der Waals surface area contributed by atoms with Crippen molar-refractivity contribution in [2.24, 2.45) is 0 Å². The summed E-state index contributed by atoms with van der Waals surface area (Å²) < 4.78 is 0. The van der Waals surface area contributed by atoms with Gasteiger partial charge in [-0.2, -0.15) is 0 Å². The minimum Gasteiger partial charge on any atom is -0.341 e. The third kappa shape index (κ3) is 5.61. The lowest BCUT2D eigenvalue weighted by Gasteiger charge is -2.28. The number of benzene rings is 3. The average Bonchev–Trinajstić information content (AvgIpc) is 2.73. The number of hydrogen-bond acceptors (Lipinski definition) is 3. The predicted octanol–water partition coefficient (Wildman–Crippen LogP) is 7.12. The largest absolute Gasteiger partial charge is 0.341 e. The first-order chi connectivity index (χ1) is 15.3. The number of hydrogen-bond donors (Lipinski definition) is 2. The number of nitrogens with zero attached hydrogens (tertiary/aromatic N) is 1. The summed E-state index contributed by atoms with van der Waals surface area (Å²) in [6.45, 7) is 6.96. The molecule has 3 aromatic carbocycles. The molecule has 0 fully saturated rings. The van der Waals surface area contributed by atoms with E-state index >= 15 is 0 Å². The van der Waals surface area contributed by atoms with Gasteiger partial charge in [0.05, 0.1) is 10.6 Å². The lowest BCUT2D eigenvalue weighted by molar-refractivity contribution is 0.0967. The van der Waals surface area contributed by atoms with Crippen molar-refractivity contribution in [2.45, 2.75) is 27.2 Å². The molecule has 0 heterocycles. The van der Waals surface area contributed by atoms with E-state index in [-0.39, 0.29) is 10.6 Å². The molecule has 0 unspecified atom stereocenters. The van der Waals surface area contributed by atoms with Crippen LogP contribution in [0.1, 0.15) is 34.8 Å². The average molecular weight is 470 g/mol. The van der Waals surface area contributed by atoms with Gasteiger partial charge in [0.1, 0.15) is 0 Å². The van der Waals surface area contributed by atoms with Crippen molar-refractivity contribution < 1.29 is 9.59 Å². The zero-order valence-corrected chi connectivity index (χ0v) is 19.7. The molecular weight excluding hydrogens is 445 g/mol. The van der Waals surface area contributed by atoms with Gasteiger partial charge >= 0.3 is 6.03 Å². The van der Waals surface area contributed by atoms with Crippen LogP contribution in [0.2, 0.25) is 10.0 Å². The molecule has 0 spiro atoms. The molecule has 0 saturated heterocycles. The van der Waals surface area contributed by atoms with Gasteiger partial charge in [0.15, 0.2) is 0 Å². The van der Waals surface area contributed by atoms with Crippen LogP contribution in [0.25, 0.3) is 0 Å². The third-order valence-electron chi connectivity index (χ3n) is 4.95. The van der Waals surface area contributed by atoms with Crippen LogP contribution >= 0.6 is 23.2 Å². The molecule has 2 N–H and O–H groups in total. The number of urea groups is 1. The summed E-state index contributed by atoms with van der Waals surface area (Å²) in [5.41, 5.74) is 4.96. The number of amides is 3. The first kappa shape index (κ1) is 23.6. The number of anilines is 3. The maximum Gasteiger partial charge on any atom is 0.326 e. The molecule has 32 heavy (non-hydrogen) atoms. The zero-order chi connectivity index (χ0) is 23.3. The topological polar surface area (TPSA) is 61.4 Å². The number of imide groups is 1. The van der Waals surface area contributed by atoms with Gasteiger partial charge in [0, 0.05) is 28.6 Å². The Hall–Kier alpha value is -3.02. The van der Waals surface area contributed by atoms with Crippen LogP contribution in [0.5, 0.6) is 0 Å². The van der Waals surface area contributed by atoms with Gasteiger partial charge in [0.25, 0.3) is 5.91 Å². The fraction of sp³-hybridized carbons (Fsp3) is 0.200. The Morgan fingerprint density at radius 3 is 2.16 bits per heavy atom. The summed E-state index contributed by atoms with van der Waals surface area (Å²) in [6, 6.07) is 17.5. The van der Waals surface area contributed by atoms with Crippen LogP contribution < -0.4 is 15.5 Å². The second kappa shape index (κ2) is 10.5. The number of rotatable bonds is 6. The summed E-state index contributed by atoms with van der Waals surface area (Å²) in [5, 5.41) is 6.03. The van der Waals surface area contributed by atoms with Gasteiger partial charge < -0.3 is 10.2 Å². The summed E-state index contributed by atoms with van der Waals surface area (Å²) in [4.78, 5) is 27.0. The summed E-state index contributed by atoms with van der Waals surface area (Å²) >= 11 is 12.1. The van der Waals surface area contributed by atoms with E-state index in [0.717, 1.165) is 35.5 Å². The highest BCUT2D eigenvalue weighted by atomic mass is 35.5. The van der Waals surface area contributed by atoms with Crippen molar-refractivity contribution in [3.8, 4) is 0 Å². The minimum atomic E-state index is -0.621. The fourth-order valence-electron chi connectivity index (χ4n) is 3.65. The fourth-order valence-corrected chi connectivity index (χ4v) is 3.99. The van der Waals surface area contributed by atoms with Crippen LogP contribution in [-0.2, 0) is 0 Å². The van der Waals surface area contributed by atoms with Crippen molar-refractivity contribution >= 4 is 52.2 Å². The highest BCUT2D eigenvalue weighted by molar-refractivity contribution is 6.34. The van der Waals surface area contributed by atoms with E-state index in [9.17, 15) is 9.59 Å². The van der Waals surface area contributed by atoms with Crippen LogP contribution in [0.3, 0.4) is 0 Å². The second-order valence-corrected chi connectivity index (χ2v) is 8.32. The molecule has 0 bridgehead atoms. The smallest absolute Gasteiger partial charge is 0.326 e. The molecule has 0 saturated carbocycles. The van der Waals surface area contributed by atoms with Crippen LogP contribution in [-0.4, -0.2) is 18.5 Å². The van der Waals surface area contributed by atoms with Crippen molar-refractivity contribution in [1.29, 1.82) is 0 Å². The van der Waals surface area contributed by atoms with E-state index in [0.29, 0.717) is 10.7 Å². The Balaban J connectivity index is 1.80. The molecule has 7 heteroatoms. The molecule has 0 atom stereocenters. The lowest BCUT2D eigenvalue weighted by atomic mass is 10.0. The quantitative estimate of drug-likeness (QED) is 0.403. The Morgan fingerprint density at radius 1 is 0.938 bits per heavy atom. The van der Waals surface area contributed by atoms with Gasteiger partial charge in [-0.05, 0) is 79.9 Å². The molecule has 166 valence electrons. The second-order valence-electron chi connectivity index (χ2n) is 7.47. The van der Waals surface area contributed by atoms with E-state index < -0.39 is 11.9 Å². The number of carbonyl (C=O) groups excluding carboxylic acids is 2. The van der Waals surface area contributed by atoms with Crippen molar-refractivity contribution in [3.05, 3.63) is 87.4 Å². The molecule has 0 aliphatic carbocycles. The van der Waals surface area contributed by atoms with E-state index in [1.807, 2.05) is 50.2 Å². The zero-order valence-electron chi connectivity index (χ0n) is 18.2. The van der Waals surface area contributed by atoms with Gasteiger partial charge in [-0.25, -0.2) is 4.79 Å². The first-order valence-corrected chi connectivity index (χ1v) is 11.1. The SMILES string of the molecule is CCCN(c1ccc(Cl)cc1)c1c(C)cc(NC(=O)NC(=O)c2ccccc2Cl)cc1C. The summed E-state index contributed by atoms with van der Waals surface area (Å²) in [5.74, 6) is -0.560. The number of nitrogens with one attached hydrogen (secondary N) is 2. The third-order valence-corrected chi connectivity index (χ3v) is 5.53. The van der Waals surface area contributed by atoms with Crippen LogP contribution in [0, 0.1) is 13.8 Å². The highest BCUT2D eigenvalue weighted by Crippen LogP contribution is 2.34. The molecule has 0 radical (unpaired) electrons. The maximum atomic E-state index is 12.4. The van der Waals surface area contributed by atoms with Gasteiger partial charge in [-0.1, -0.05) is 42.3 Å². The molecule has 3 amide bonds. The summed E-state index contributed by atoms with van der Waals surface area (Å²) in [7, 11) is 0. The van der Waals surface area contributed by atoms with Crippen LogP contribution in [0.15, 0.2) is 60.7 Å². The van der Waals surface area contributed by atoms with Gasteiger partial charge in [0.2, 0.25) is 0 Å². The monoisotopic (exact) mass is 469 g/mol. The number of halogens is 2. The van der Waals surface area contributed by atoms with Crippen LogP contribution in [0.4, 0.5) is 21.9 Å². The van der Waals surface area contributed by atoms with Crippen molar-refractivity contribution in [3.63, 3.8) is 0 Å². The Kier molecular flexibility index (Phi) is 7.78. The molecule has 0 aliphatic heterocycles. The Morgan fingerprint density at radius 2 is 1.56 bits per heavy atom. The predicted molar refractivity (Wildman–Crippen MR) is 133 cm³/mol. The number of aryl methyl sites for hydroxylation is 2. The van der Waals surface area contributed by atoms with Gasteiger partial charge in [-0.3, -0.25) is 10.1 Å². The standard InChI is InChI=1S/C25H25Cl2N3O2/c1-4-13-30(20-11-9-18(26)10-12-20)23-16(2)14-19(15-17(23)3)28-25(32)29-24(31)21-7-5-6-8-22(21)27/h5-12,14-15H,4,13H2,1-3H3,(H2,28,29,31,32). The molecular formula is C25H25Cl2N3O2. The molecule has 5 nitrogen and oxygen atoms in total. The van der Waals surface area contributed by atoms with E-state index in [4.69, 9.17) is 23.2 Å². The highest BCUT2D eigenvalue weighted by Gasteiger charge is 2.17. The van der Waals surface area contributed by atoms with E-state index in [1.54, 1.807) is 24.3 Å². The Labute approximate surface area is 198 Å². The normalized spacial score (nSPS) is 10.5. The maximum absolute atomic E-state index is 12.4. The Bertz CT molecular complexity index is 1110. The number of carbonyl (C=O) groups is 2. The molecule has 0 aromatic heterocycles. The molecule has 3 rings (SSSR count). The molecule has 3 aromatic rings. The summed E-state index contributed by atoms with van der Waals surface area (Å²) in [6.07, 6.45) is 0.966. The van der Waals surface area contributed by atoms with Crippen molar-refractivity contribution in [1.82, 2.24) is 5.32 Å². The molecule has 0 aliphatic rings. The first-order valence-electron chi connectivity index (χ1n) is 10.3. The minimum absolute atomic E-state index is 0.241.